The van der Waals surface area contributed by atoms with E-state index < -0.39 is 0 Å². The van der Waals surface area contributed by atoms with Crippen molar-refractivity contribution >= 4 is 46.1 Å². The van der Waals surface area contributed by atoms with Crippen molar-refractivity contribution in [2.24, 2.45) is 0 Å². The van der Waals surface area contributed by atoms with E-state index in [2.05, 4.69) is 26.1 Å². The number of thiophene rings is 2. The number of ketones is 1. The van der Waals surface area contributed by atoms with Gasteiger partial charge in [-0.15, -0.1) is 32.9 Å². The number of aromatic nitrogens is 3. The topological polar surface area (TPSA) is 76.9 Å². The van der Waals surface area contributed by atoms with Crippen molar-refractivity contribution in [1.29, 1.82) is 0 Å². The Hall–Kier alpha value is -1.97. The highest BCUT2D eigenvalue weighted by Gasteiger charge is 2.30. The van der Waals surface area contributed by atoms with E-state index in [9.17, 15) is 9.59 Å². The molecule has 0 aromatic carbocycles. The number of rotatable bonds is 8. The van der Waals surface area contributed by atoms with Gasteiger partial charge in [0.05, 0.1) is 22.1 Å². The molecule has 1 aliphatic carbocycles. The Kier molecular flexibility index (Phi) is 5.42. The highest BCUT2D eigenvalue weighted by molar-refractivity contribution is 7.99. The van der Waals surface area contributed by atoms with E-state index in [1.165, 1.54) is 30.0 Å². The second kappa shape index (κ2) is 7.95. The molecule has 6 nitrogen and oxygen atoms in total. The van der Waals surface area contributed by atoms with Crippen LogP contribution in [-0.4, -0.2) is 32.2 Å². The molecule has 1 fully saturated rings. The molecule has 0 radical (unpaired) electrons. The van der Waals surface area contributed by atoms with Crippen LogP contribution in [0, 0.1) is 0 Å². The van der Waals surface area contributed by atoms with Crippen molar-refractivity contribution in [3.63, 3.8) is 0 Å². The Morgan fingerprint density at radius 3 is 2.85 bits per heavy atom. The van der Waals surface area contributed by atoms with Crippen molar-refractivity contribution < 1.29 is 9.59 Å². The average molecular weight is 419 g/mol. The molecule has 0 aliphatic heterocycles. The van der Waals surface area contributed by atoms with Crippen molar-refractivity contribution in [2.75, 3.05) is 5.75 Å². The normalized spacial score (nSPS) is 13.7. The van der Waals surface area contributed by atoms with Gasteiger partial charge in [-0.2, -0.15) is 0 Å². The molecule has 1 saturated carbocycles. The lowest BCUT2D eigenvalue weighted by Crippen LogP contribution is -2.18. The minimum absolute atomic E-state index is 0.0714. The molecule has 1 N–H and O–H groups in total. The van der Waals surface area contributed by atoms with Gasteiger partial charge in [-0.05, 0) is 36.4 Å². The maximum atomic E-state index is 12.5. The fourth-order valence-corrected chi connectivity index (χ4v) is 5.22. The van der Waals surface area contributed by atoms with Gasteiger partial charge >= 0.3 is 0 Å². The molecular formula is C18H18N4O2S3. The third kappa shape index (κ3) is 4.31. The quantitative estimate of drug-likeness (QED) is 0.442. The molecule has 3 aromatic heterocycles. The molecule has 0 bridgehead atoms. The zero-order chi connectivity index (χ0) is 18.8. The number of thioether (sulfide) groups is 1. The molecule has 27 heavy (non-hydrogen) atoms. The number of carbonyl (C=O) groups excluding carboxylic acids is 2. The Balaban J connectivity index is 1.43. The third-order valence-corrected chi connectivity index (χ3v) is 7.03. The van der Waals surface area contributed by atoms with Crippen molar-refractivity contribution in [3.8, 4) is 10.7 Å². The van der Waals surface area contributed by atoms with Crippen LogP contribution in [0.15, 0.2) is 34.8 Å². The van der Waals surface area contributed by atoms with Gasteiger partial charge in [0.1, 0.15) is 0 Å². The summed E-state index contributed by atoms with van der Waals surface area (Å²) in [5, 5.41) is 14.3. The molecule has 0 saturated heterocycles. The van der Waals surface area contributed by atoms with Crippen LogP contribution in [0.1, 0.15) is 40.4 Å². The zero-order valence-electron chi connectivity index (χ0n) is 14.7. The van der Waals surface area contributed by atoms with Crippen molar-refractivity contribution in [2.45, 2.75) is 37.5 Å². The molecule has 0 spiro atoms. The second-order valence-electron chi connectivity index (χ2n) is 6.27. The Bertz CT molecular complexity index is 957. The molecule has 140 valence electrons. The summed E-state index contributed by atoms with van der Waals surface area (Å²) in [6.45, 7) is 1.94. The summed E-state index contributed by atoms with van der Waals surface area (Å²) in [7, 11) is 0. The Morgan fingerprint density at radius 1 is 1.30 bits per heavy atom. The lowest BCUT2D eigenvalue weighted by molar-refractivity contribution is -0.119. The minimum atomic E-state index is -0.0761. The maximum absolute atomic E-state index is 12.5. The van der Waals surface area contributed by atoms with E-state index in [0.29, 0.717) is 23.2 Å². The summed E-state index contributed by atoms with van der Waals surface area (Å²) in [6, 6.07) is 8.22. The summed E-state index contributed by atoms with van der Waals surface area (Å²) >= 11 is 4.52. The smallest absolute Gasteiger partial charge is 0.217 e. The number of nitrogens with zero attached hydrogens (tertiary/aromatic N) is 3. The number of carbonyl (C=O) groups is 2. The lowest BCUT2D eigenvalue weighted by Gasteiger charge is -2.07. The van der Waals surface area contributed by atoms with E-state index in [1.54, 1.807) is 11.3 Å². The Morgan fingerprint density at radius 2 is 2.15 bits per heavy atom. The van der Waals surface area contributed by atoms with Crippen LogP contribution in [0.2, 0.25) is 0 Å². The molecule has 0 atom stereocenters. The number of hydrogen-bond donors (Lipinski definition) is 1. The van der Waals surface area contributed by atoms with Gasteiger partial charge in [-0.3, -0.25) is 14.2 Å². The van der Waals surface area contributed by atoms with Crippen LogP contribution in [0.3, 0.4) is 0 Å². The van der Waals surface area contributed by atoms with E-state index in [-0.39, 0.29) is 11.7 Å². The first-order valence-electron chi connectivity index (χ1n) is 8.59. The van der Waals surface area contributed by atoms with E-state index in [1.807, 2.05) is 23.6 Å². The first-order chi connectivity index (χ1) is 13.1. The van der Waals surface area contributed by atoms with Crippen LogP contribution >= 0.6 is 34.4 Å². The SMILES string of the molecule is CC(=O)NCc1ccc(C(=O)CSc2nnc(-c3cccs3)n2C2CC2)s1. The number of amides is 1. The van der Waals surface area contributed by atoms with Gasteiger partial charge in [-0.25, -0.2) is 0 Å². The highest BCUT2D eigenvalue weighted by Crippen LogP contribution is 2.41. The van der Waals surface area contributed by atoms with Gasteiger partial charge in [0.15, 0.2) is 16.8 Å². The lowest BCUT2D eigenvalue weighted by atomic mass is 10.3. The second-order valence-corrected chi connectivity index (χ2v) is 9.33. The van der Waals surface area contributed by atoms with Gasteiger partial charge in [0.2, 0.25) is 5.91 Å². The van der Waals surface area contributed by atoms with Crippen molar-refractivity contribution in [3.05, 3.63) is 39.4 Å². The maximum Gasteiger partial charge on any atom is 0.217 e. The van der Waals surface area contributed by atoms with E-state index in [0.717, 1.165) is 33.6 Å². The first-order valence-corrected chi connectivity index (χ1v) is 11.3. The highest BCUT2D eigenvalue weighted by atomic mass is 32.2. The van der Waals surface area contributed by atoms with Gasteiger partial charge in [0.25, 0.3) is 0 Å². The van der Waals surface area contributed by atoms with Crippen LogP contribution in [0.4, 0.5) is 0 Å². The summed E-state index contributed by atoms with van der Waals surface area (Å²) < 4.78 is 2.18. The number of nitrogens with one attached hydrogen (secondary N) is 1. The van der Waals surface area contributed by atoms with Crippen LogP contribution < -0.4 is 5.32 Å². The fourth-order valence-electron chi connectivity index (χ4n) is 2.65. The third-order valence-electron chi connectivity index (χ3n) is 4.10. The number of hydrogen-bond acceptors (Lipinski definition) is 7. The molecule has 1 amide bonds. The monoisotopic (exact) mass is 418 g/mol. The van der Waals surface area contributed by atoms with Crippen LogP contribution in [-0.2, 0) is 11.3 Å². The zero-order valence-corrected chi connectivity index (χ0v) is 17.1. The average Bonchev–Trinajstić information content (AvgIpc) is 3.09. The first kappa shape index (κ1) is 18.4. The molecule has 3 heterocycles. The van der Waals surface area contributed by atoms with Gasteiger partial charge in [-0.1, -0.05) is 17.8 Å². The summed E-state index contributed by atoms with van der Waals surface area (Å²) in [4.78, 5) is 26.3. The van der Waals surface area contributed by atoms with Crippen molar-refractivity contribution in [1.82, 2.24) is 20.1 Å². The Labute approximate surface area is 169 Å². The number of Topliss-reactive ketones (excluding diaryl/α,β-unsaturated/α-hetero) is 1. The largest absolute Gasteiger partial charge is 0.351 e. The predicted molar refractivity (Wildman–Crippen MR) is 109 cm³/mol. The molecular weight excluding hydrogens is 400 g/mol. The minimum Gasteiger partial charge on any atom is -0.351 e. The summed E-state index contributed by atoms with van der Waals surface area (Å²) in [5.41, 5.74) is 0. The molecule has 1 aliphatic rings. The molecule has 9 heteroatoms. The standard InChI is InChI=1S/C18H18N4O2S3/c1-11(23)19-9-13-6-7-15(27-13)14(24)10-26-18-21-20-17(16-3-2-8-25-16)22(18)12-4-5-12/h2-3,6-8,12H,4-5,9-10H2,1H3,(H,19,23). The van der Waals surface area contributed by atoms with Crippen LogP contribution in [0.5, 0.6) is 0 Å². The van der Waals surface area contributed by atoms with Crippen LogP contribution in [0.25, 0.3) is 10.7 Å². The fraction of sp³-hybridized carbons (Fsp3) is 0.333. The molecule has 4 rings (SSSR count). The van der Waals surface area contributed by atoms with E-state index in [4.69, 9.17) is 0 Å². The predicted octanol–water partition coefficient (Wildman–Crippen LogP) is 4.01. The van der Waals surface area contributed by atoms with Gasteiger partial charge < -0.3 is 5.32 Å². The molecule has 0 unspecified atom stereocenters. The van der Waals surface area contributed by atoms with Gasteiger partial charge in [0, 0.05) is 17.8 Å². The summed E-state index contributed by atoms with van der Waals surface area (Å²) in [5.74, 6) is 1.22. The van der Waals surface area contributed by atoms with E-state index >= 15 is 0 Å². The molecule has 3 aromatic rings. The summed E-state index contributed by atoms with van der Waals surface area (Å²) in [6.07, 6.45) is 2.27.